The van der Waals surface area contributed by atoms with Gasteiger partial charge in [0, 0.05) is 5.92 Å². The average Bonchev–Trinajstić information content (AvgIpc) is 2.18. The lowest BCUT2D eigenvalue weighted by atomic mass is 9.77. The first-order valence-corrected chi connectivity index (χ1v) is 5.28. The lowest BCUT2D eigenvalue weighted by molar-refractivity contribution is -0.109. The molecule has 1 aliphatic carbocycles. The van der Waals surface area contributed by atoms with Crippen LogP contribution in [0.25, 0.3) is 0 Å². The van der Waals surface area contributed by atoms with Crippen molar-refractivity contribution in [3.63, 3.8) is 0 Å². The van der Waals surface area contributed by atoms with Gasteiger partial charge in [0.2, 0.25) is 0 Å². The van der Waals surface area contributed by atoms with Crippen LogP contribution in [0.2, 0.25) is 0 Å². The van der Waals surface area contributed by atoms with Crippen LogP contribution in [0.15, 0.2) is 18.2 Å². The first-order valence-electron chi connectivity index (χ1n) is 5.28. The summed E-state index contributed by atoms with van der Waals surface area (Å²) in [6.07, 6.45) is 3.25. The molecule has 14 heavy (non-hydrogen) atoms. The van der Waals surface area contributed by atoms with E-state index in [1.54, 1.807) is 0 Å². The fraction of sp³-hybridized carbons (Fsp3) is 0.462. The second kappa shape index (κ2) is 3.56. The van der Waals surface area contributed by atoms with E-state index in [-0.39, 0.29) is 5.92 Å². The number of hydrogen-bond donors (Lipinski definition) is 0. The third kappa shape index (κ3) is 1.47. The molecule has 0 aromatic heterocycles. The summed E-state index contributed by atoms with van der Waals surface area (Å²) in [6.45, 7) is 4.33. The molecule has 0 saturated heterocycles. The zero-order valence-corrected chi connectivity index (χ0v) is 8.79. The van der Waals surface area contributed by atoms with Gasteiger partial charge in [-0.15, -0.1) is 0 Å². The molecular weight excluding hydrogens is 172 g/mol. The molecule has 0 saturated carbocycles. The standard InChI is InChI=1S/C13H16O/c1-9-3-6-12-10(2)4-5-11(8-14)13(12)7-9/h3,6-8,10-11H,4-5H2,1-2H3. The average molecular weight is 188 g/mol. The molecule has 1 aromatic carbocycles. The predicted molar refractivity (Wildman–Crippen MR) is 57.6 cm³/mol. The normalized spacial score (nSPS) is 25.6. The minimum atomic E-state index is 0.140. The van der Waals surface area contributed by atoms with Crippen LogP contribution in [-0.2, 0) is 4.79 Å². The van der Waals surface area contributed by atoms with Crippen molar-refractivity contribution in [1.29, 1.82) is 0 Å². The Morgan fingerprint density at radius 1 is 1.29 bits per heavy atom. The fourth-order valence-electron chi connectivity index (χ4n) is 2.35. The molecule has 2 atom stereocenters. The maximum Gasteiger partial charge on any atom is 0.127 e. The van der Waals surface area contributed by atoms with Crippen LogP contribution in [0.5, 0.6) is 0 Å². The van der Waals surface area contributed by atoms with Crippen molar-refractivity contribution in [2.45, 2.75) is 38.5 Å². The summed E-state index contributed by atoms with van der Waals surface area (Å²) < 4.78 is 0. The molecule has 0 amide bonds. The summed E-state index contributed by atoms with van der Waals surface area (Å²) in [5.41, 5.74) is 3.89. The number of carbonyl (C=O) groups excluding carboxylic acids is 1. The van der Waals surface area contributed by atoms with Crippen molar-refractivity contribution in [1.82, 2.24) is 0 Å². The van der Waals surface area contributed by atoms with Gasteiger partial charge < -0.3 is 4.79 Å². The molecule has 0 radical (unpaired) electrons. The van der Waals surface area contributed by atoms with Crippen LogP contribution in [0.4, 0.5) is 0 Å². The van der Waals surface area contributed by atoms with Crippen LogP contribution in [0.1, 0.15) is 48.3 Å². The zero-order valence-electron chi connectivity index (χ0n) is 8.79. The Hall–Kier alpha value is -1.11. The number of benzene rings is 1. The molecular formula is C13H16O. The van der Waals surface area contributed by atoms with Gasteiger partial charge in [-0.05, 0) is 36.8 Å². The Morgan fingerprint density at radius 3 is 2.79 bits per heavy atom. The largest absolute Gasteiger partial charge is 0.303 e. The lowest BCUT2D eigenvalue weighted by Gasteiger charge is -2.26. The third-order valence-electron chi connectivity index (χ3n) is 3.25. The van der Waals surface area contributed by atoms with Crippen molar-refractivity contribution in [2.24, 2.45) is 0 Å². The molecule has 1 aromatic rings. The number of aldehydes is 1. The summed E-state index contributed by atoms with van der Waals surface area (Å²) >= 11 is 0. The highest BCUT2D eigenvalue weighted by molar-refractivity contribution is 5.64. The number of fused-ring (bicyclic) bond motifs is 1. The van der Waals surface area contributed by atoms with Gasteiger partial charge in [0.15, 0.2) is 0 Å². The van der Waals surface area contributed by atoms with Crippen LogP contribution < -0.4 is 0 Å². The van der Waals surface area contributed by atoms with Gasteiger partial charge in [-0.3, -0.25) is 0 Å². The van der Waals surface area contributed by atoms with Crippen LogP contribution in [0.3, 0.4) is 0 Å². The third-order valence-corrected chi connectivity index (χ3v) is 3.25. The van der Waals surface area contributed by atoms with Gasteiger partial charge in [-0.25, -0.2) is 0 Å². The van der Waals surface area contributed by atoms with E-state index in [0.717, 1.165) is 19.1 Å². The summed E-state index contributed by atoms with van der Waals surface area (Å²) in [4.78, 5) is 10.9. The van der Waals surface area contributed by atoms with Gasteiger partial charge in [-0.2, -0.15) is 0 Å². The van der Waals surface area contributed by atoms with Gasteiger partial charge in [0.25, 0.3) is 0 Å². The van der Waals surface area contributed by atoms with E-state index in [2.05, 4.69) is 32.0 Å². The van der Waals surface area contributed by atoms with Gasteiger partial charge in [-0.1, -0.05) is 30.7 Å². The molecule has 0 fully saturated rings. The quantitative estimate of drug-likeness (QED) is 0.619. The molecule has 2 unspecified atom stereocenters. The molecule has 2 rings (SSSR count). The summed E-state index contributed by atoms with van der Waals surface area (Å²) in [7, 11) is 0. The highest BCUT2D eigenvalue weighted by Gasteiger charge is 2.23. The molecule has 0 aliphatic heterocycles. The molecule has 1 nitrogen and oxygen atoms in total. The van der Waals surface area contributed by atoms with Crippen molar-refractivity contribution < 1.29 is 4.79 Å². The van der Waals surface area contributed by atoms with E-state index in [1.165, 1.54) is 16.7 Å². The minimum Gasteiger partial charge on any atom is -0.303 e. The van der Waals surface area contributed by atoms with E-state index in [9.17, 15) is 4.79 Å². The molecule has 0 spiro atoms. The first kappa shape index (κ1) is 9.45. The predicted octanol–water partition coefficient (Wildman–Crippen LogP) is 3.17. The minimum absolute atomic E-state index is 0.140. The number of carbonyl (C=O) groups is 1. The SMILES string of the molecule is Cc1ccc2c(c1)C(C=O)CCC2C. The molecule has 0 bridgehead atoms. The van der Waals surface area contributed by atoms with Crippen molar-refractivity contribution in [2.75, 3.05) is 0 Å². The first-order chi connectivity index (χ1) is 6.72. The summed E-state index contributed by atoms with van der Waals surface area (Å²) in [5, 5.41) is 0. The number of aryl methyl sites for hydroxylation is 1. The Kier molecular flexibility index (Phi) is 2.40. The van der Waals surface area contributed by atoms with Crippen molar-refractivity contribution in [3.8, 4) is 0 Å². The maximum absolute atomic E-state index is 10.9. The Labute approximate surface area is 85.1 Å². The van der Waals surface area contributed by atoms with Gasteiger partial charge in [0.05, 0.1) is 0 Å². The second-order valence-electron chi connectivity index (χ2n) is 4.35. The number of hydrogen-bond acceptors (Lipinski definition) is 1. The van der Waals surface area contributed by atoms with Gasteiger partial charge >= 0.3 is 0 Å². The van der Waals surface area contributed by atoms with E-state index in [1.807, 2.05) is 0 Å². The van der Waals surface area contributed by atoms with E-state index in [0.29, 0.717) is 5.92 Å². The maximum atomic E-state index is 10.9. The van der Waals surface area contributed by atoms with E-state index in [4.69, 9.17) is 0 Å². The smallest absolute Gasteiger partial charge is 0.127 e. The number of rotatable bonds is 1. The Balaban J connectivity index is 2.51. The molecule has 1 heteroatoms. The highest BCUT2D eigenvalue weighted by Crippen LogP contribution is 2.37. The van der Waals surface area contributed by atoms with Crippen molar-refractivity contribution in [3.05, 3.63) is 34.9 Å². The second-order valence-corrected chi connectivity index (χ2v) is 4.35. The monoisotopic (exact) mass is 188 g/mol. The fourth-order valence-corrected chi connectivity index (χ4v) is 2.35. The Morgan fingerprint density at radius 2 is 2.07 bits per heavy atom. The van der Waals surface area contributed by atoms with Crippen LogP contribution >= 0.6 is 0 Å². The summed E-state index contributed by atoms with van der Waals surface area (Å²) in [5.74, 6) is 0.753. The molecule has 0 heterocycles. The molecule has 0 N–H and O–H groups in total. The van der Waals surface area contributed by atoms with Crippen LogP contribution in [0, 0.1) is 6.92 Å². The lowest BCUT2D eigenvalue weighted by Crippen LogP contribution is -2.13. The van der Waals surface area contributed by atoms with Gasteiger partial charge in [0.1, 0.15) is 6.29 Å². The Bertz CT molecular complexity index is 354. The summed E-state index contributed by atoms with van der Waals surface area (Å²) in [6, 6.07) is 6.50. The highest BCUT2D eigenvalue weighted by atomic mass is 16.1. The molecule has 1 aliphatic rings. The zero-order chi connectivity index (χ0) is 10.1. The van der Waals surface area contributed by atoms with E-state index >= 15 is 0 Å². The topological polar surface area (TPSA) is 17.1 Å². The van der Waals surface area contributed by atoms with Crippen LogP contribution in [-0.4, -0.2) is 6.29 Å². The molecule has 74 valence electrons. The van der Waals surface area contributed by atoms with Crippen molar-refractivity contribution >= 4 is 6.29 Å². The van der Waals surface area contributed by atoms with E-state index < -0.39 is 0 Å².